The third-order valence-electron chi connectivity index (χ3n) is 3.59. The summed E-state index contributed by atoms with van der Waals surface area (Å²) in [5.41, 5.74) is 4.48. The third-order valence-corrected chi connectivity index (χ3v) is 4.64. The molecule has 0 saturated carbocycles. The standard InChI is InChI=1S/C14H15Br2N3O/c1-19-4-3-12-10(7-19)13(18-17-12)9-5-8(15)6-11(16)14(9)20-2/h5-6H,3-4,7H2,1-2H3,(H,17,18). The van der Waals surface area contributed by atoms with E-state index in [1.807, 2.05) is 6.07 Å². The van der Waals surface area contributed by atoms with Gasteiger partial charge in [-0.25, -0.2) is 0 Å². The molecule has 4 nitrogen and oxygen atoms in total. The maximum atomic E-state index is 5.54. The molecule has 2 heterocycles. The van der Waals surface area contributed by atoms with Gasteiger partial charge in [0.15, 0.2) is 0 Å². The van der Waals surface area contributed by atoms with E-state index in [4.69, 9.17) is 4.74 Å². The van der Waals surface area contributed by atoms with Crippen molar-refractivity contribution >= 4 is 31.9 Å². The number of methoxy groups -OCH3 is 1. The molecule has 0 amide bonds. The Morgan fingerprint density at radius 2 is 2.15 bits per heavy atom. The highest BCUT2D eigenvalue weighted by Gasteiger charge is 2.23. The van der Waals surface area contributed by atoms with Gasteiger partial charge in [0, 0.05) is 40.8 Å². The van der Waals surface area contributed by atoms with E-state index in [1.165, 1.54) is 11.3 Å². The van der Waals surface area contributed by atoms with Gasteiger partial charge >= 0.3 is 0 Å². The van der Waals surface area contributed by atoms with Crippen LogP contribution in [-0.2, 0) is 13.0 Å². The predicted octanol–water partition coefficient (Wildman–Crippen LogP) is 3.60. The highest BCUT2D eigenvalue weighted by molar-refractivity contribution is 9.11. The number of hydrogen-bond donors (Lipinski definition) is 1. The van der Waals surface area contributed by atoms with Gasteiger partial charge in [-0.1, -0.05) is 15.9 Å². The van der Waals surface area contributed by atoms with Crippen LogP contribution in [0.4, 0.5) is 0 Å². The molecule has 6 heteroatoms. The van der Waals surface area contributed by atoms with Crippen molar-refractivity contribution in [1.82, 2.24) is 15.1 Å². The van der Waals surface area contributed by atoms with E-state index in [-0.39, 0.29) is 0 Å². The van der Waals surface area contributed by atoms with Crippen LogP contribution in [0.2, 0.25) is 0 Å². The van der Waals surface area contributed by atoms with Crippen LogP contribution in [0.1, 0.15) is 11.3 Å². The molecule has 106 valence electrons. The molecule has 0 spiro atoms. The molecule has 20 heavy (non-hydrogen) atoms. The number of benzene rings is 1. The van der Waals surface area contributed by atoms with Gasteiger partial charge in [-0.15, -0.1) is 0 Å². The van der Waals surface area contributed by atoms with Crippen LogP contribution in [0.3, 0.4) is 0 Å². The molecule has 0 fully saturated rings. The Balaban J connectivity index is 2.17. The van der Waals surface area contributed by atoms with Gasteiger partial charge < -0.3 is 9.64 Å². The molecule has 1 aromatic carbocycles. The summed E-state index contributed by atoms with van der Waals surface area (Å²) in [6, 6.07) is 4.03. The second-order valence-electron chi connectivity index (χ2n) is 4.99. The number of ether oxygens (including phenoxy) is 1. The van der Waals surface area contributed by atoms with Crippen molar-refractivity contribution in [3.8, 4) is 17.0 Å². The van der Waals surface area contributed by atoms with Gasteiger partial charge in [0.25, 0.3) is 0 Å². The first kappa shape index (κ1) is 14.1. The van der Waals surface area contributed by atoms with Crippen molar-refractivity contribution in [2.75, 3.05) is 20.7 Å². The minimum absolute atomic E-state index is 0.815. The van der Waals surface area contributed by atoms with Crippen LogP contribution in [0, 0.1) is 0 Å². The molecule has 0 atom stereocenters. The number of rotatable bonds is 2. The van der Waals surface area contributed by atoms with Crippen LogP contribution >= 0.6 is 31.9 Å². The number of hydrogen-bond acceptors (Lipinski definition) is 3. The van der Waals surface area contributed by atoms with Crippen molar-refractivity contribution in [2.24, 2.45) is 0 Å². The minimum atomic E-state index is 0.815. The molecule has 1 aromatic heterocycles. The maximum Gasteiger partial charge on any atom is 0.142 e. The number of nitrogens with one attached hydrogen (secondary N) is 1. The average molecular weight is 401 g/mol. The van der Waals surface area contributed by atoms with Gasteiger partial charge in [0.1, 0.15) is 11.4 Å². The lowest BCUT2D eigenvalue weighted by Crippen LogP contribution is -2.26. The molecule has 1 aliphatic rings. The largest absolute Gasteiger partial charge is 0.495 e. The topological polar surface area (TPSA) is 41.1 Å². The molecular weight excluding hydrogens is 386 g/mol. The third kappa shape index (κ3) is 2.40. The molecule has 0 unspecified atom stereocenters. The van der Waals surface area contributed by atoms with E-state index in [1.54, 1.807) is 7.11 Å². The van der Waals surface area contributed by atoms with Crippen molar-refractivity contribution in [1.29, 1.82) is 0 Å². The lowest BCUT2D eigenvalue weighted by molar-refractivity contribution is 0.312. The molecule has 0 radical (unpaired) electrons. The zero-order chi connectivity index (χ0) is 14.3. The summed E-state index contributed by atoms with van der Waals surface area (Å²) in [5, 5.41) is 7.69. The van der Waals surface area contributed by atoms with E-state index < -0.39 is 0 Å². The summed E-state index contributed by atoms with van der Waals surface area (Å²) >= 11 is 7.08. The Morgan fingerprint density at radius 3 is 2.90 bits per heavy atom. The second kappa shape index (κ2) is 5.50. The van der Waals surface area contributed by atoms with Crippen LogP contribution in [-0.4, -0.2) is 35.8 Å². The van der Waals surface area contributed by atoms with Crippen LogP contribution in [0.25, 0.3) is 11.3 Å². The van der Waals surface area contributed by atoms with Gasteiger partial charge in [-0.05, 0) is 35.1 Å². The van der Waals surface area contributed by atoms with Gasteiger partial charge in [0.05, 0.1) is 11.6 Å². The van der Waals surface area contributed by atoms with E-state index in [0.29, 0.717) is 0 Å². The van der Waals surface area contributed by atoms with E-state index in [2.05, 4.69) is 60.1 Å². The molecule has 0 saturated heterocycles. The summed E-state index contributed by atoms with van der Waals surface area (Å²) in [4.78, 5) is 2.31. The first-order valence-corrected chi connectivity index (χ1v) is 7.97. The zero-order valence-electron chi connectivity index (χ0n) is 11.3. The van der Waals surface area contributed by atoms with Crippen molar-refractivity contribution < 1.29 is 4.74 Å². The minimum Gasteiger partial charge on any atom is -0.495 e. The molecule has 0 aliphatic carbocycles. The van der Waals surface area contributed by atoms with Crippen molar-refractivity contribution in [3.05, 3.63) is 32.3 Å². The highest BCUT2D eigenvalue weighted by atomic mass is 79.9. The summed E-state index contributed by atoms with van der Waals surface area (Å²) in [6.07, 6.45) is 1.01. The Bertz CT molecular complexity index is 654. The Morgan fingerprint density at radius 1 is 1.35 bits per heavy atom. The molecule has 3 rings (SSSR count). The van der Waals surface area contributed by atoms with Crippen molar-refractivity contribution in [2.45, 2.75) is 13.0 Å². The maximum absolute atomic E-state index is 5.54. The van der Waals surface area contributed by atoms with Gasteiger partial charge in [-0.3, -0.25) is 5.10 Å². The Hall–Kier alpha value is -0.850. The number of aromatic nitrogens is 2. The fourth-order valence-corrected chi connectivity index (χ4v) is 3.98. The Kier molecular flexibility index (Phi) is 3.88. The molecule has 2 aromatic rings. The molecule has 1 aliphatic heterocycles. The fraction of sp³-hybridized carbons (Fsp3) is 0.357. The summed E-state index contributed by atoms with van der Waals surface area (Å²) in [5.74, 6) is 0.815. The van der Waals surface area contributed by atoms with Crippen LogP contribution in [0.15, 0.2) is 21.1 Å². The van der Waals surface area contributed by atoms with Crippen LogP contribution in [0.5, 0.6) is 5.75 Å². The normalized spacial score (nSPS) is 15.2. The quantitative estimate of drug-likeness (QED) is 0.837. The van der Waals surface area contributed by atoms with Gasteiger partial charge in [-0.2, -0.15) is 5.10 Å². The van der Waals surface area contributed by atoms with E-state index in [0.717, 1.165) is 45.5 Å². The number of fused-ring (bicyclic) bond motifs is 1. The molecule has 1 N–H and O–H groups in total. The summed E-state index contributed by atoms with van der Waals surface area (Å²) < 4.78 is 7.46. The molecule has 0 bridgehead atoms. The fourth-order valence-electron chi connectivity index (χ4n) is 2.60. The first-order chi connectivity index (χ1) is 9.60. The van der Waals surface area contributed by atoms with E-state index in [9.17, 15) is 0 Å². The number of likely N-dealkylation sites (N-methyl/N-ethyl adjacent to an activating group) is 1. The second-order valence-corrected chi connectivity index (χ2v) is 6.76. The lowest BCUT2D eigenvalue weighted by atomic mass is 10.0. The highest BCUT2D eigenvalue weighted by Crippen LogP contribution is 2.40. The summed E-state index contributed by atoms with van der Waals surface area (Å²) in [7, 11) is 3.82. The zero-order valence-corrected chi connectivity index (χ0v) is 14.5. The van der Waals surface area contributed by atoms with Crippen LogP contribution < -0.4 is 4.74 Å². The summed E-state index contributed by atoms with van der Waals surface area (Å²) in [6.45, 7) is 1.97. The number of halogens is 2. The monoisotopic (exact) mass is 399 g/mol. The number of H-pyrrole nitrogens is 1. The number of aromatic amines is 1. The first-order valence-electron chi connectivity index (χ1n) is 6.38. The predicted molar refractivity (Wildman–Crippen MR) is 86.0 cm³/mol. The average Bonchev–Trinajstić information content (AvgIpc) is 2.80. The lowest BCUT2D eigenvalue weighted by Gasteiger charge is -2.22. The molecular formula is C14H15Br2N3O. The SMILES string of the molecule is COc1c(Br)cc(Br)cc1-c1n[nH]c2c1CN(C)CC2. The van der Waals surface area contributed by atoms with Gasteiger partial charge in [0.2, 0.25) is 0 Å². The number of nitrogens with zero attached hydrogens (tertiary/aromatic N) is 2. The van der Waals surface area contributed by atoms with Crippen molar-refractivity contribution in [3.63, 3.8) is 0 Å². The Labute approximate surface area is 134 Å². The van der Waals surface area contributed by atoms with E-state index >= 15 is 0 Å². The smallest absolute Gasteiger partial charge is 0.142 e.